The number of benzene rings is 1. The van der Waals surface area contributed by atoms with Crippen molar-refractivity contribution < 1.29 is 4.79 Å². The standard InChI is InChI=1S/C12H14Cl2OSi/c1-16(2,9-6-4-3-5-7-9)11-8-10(15)12(11,13)14/h3-7,11H,8H2,1-2H3. The maximum Gasteiger partial charge on any atom is 0.177 e. The lowest BCUT2D eigenvalue weighted by molar-refractivity contribution is -0.124. The molecule has 86 valence electrons. The van der Waals surface area contributed by atoms with Gasteiger partial charge in [-0.05, 0) is 0 Å². The third-order valence-corrected chi connectivity index (χ3v) is 9.10. The molecule has 1 fully saturated rings. The van der Waals surface area contributed by atoms with Crippen molar-refractivity contribution in [3.05, 3.63) is 30.3 Å². The molecule has 2 rings (SSSR count). The lowest BCUT2D eigenvalue weighted by atomic mass is 9.96. The summed E-state index contributed by atoms with van der Waals surface area (Å²) in [5, 5.41) is 1.30. The Labute approximate surface area is 107 Å². The molecule has 16 heavy (non-hydrogen) atoms. The fourth-order valence-corrected chi connectivity index (χ4v) is 7.45. The van der Waals surface area contributed by atoms with Crippen LogP contribution in [0.5, 0.6) is 0 Å². The van der Waals surface area contributed by atoms with Crippen LogP contribution in [0, 0.1) is 0 Å². The third-order valence-electron chi connectivity index (χ3n) is 3.59. The Morgan fingerprint density at radius 3 is 2.25 bits per heavy atom. The molecular weight excluding hydrogens is 259 g/mol. The number of alkyl halides is 2. The Morgan fingerprint density at radius 1 is 1.25 bits per heavy atom. The van der Waals surface area contributed by atoms with Gasteiger partial charge in [0.25, 0.3) is 0 Å². The number of rotatable bonds is 2. The van der Waals surface area contributed by atoms with Crippen LogP contribution in [0.4, 0.5) is 0 Å². The first kappa shape index (κ1) is 12.2. The van der Waals surface area contributed by atoms with Gasteiger partial charge in [-0.25, -0.2) is 0 Å². The van der Waals surface area contributed by atoms with Gasteiger partial charge >= 0.3 is 0 Å². The zero-order chi connectivity index (χ0) is 12.0. The first-order valence-electron chi connectivity index (χ1n) is 5.33. The Morgan fingerprint density at radius 2 is 1.81 bits per heavy atom. The number of carbonyl (C=O) groups is 1. The Hall–Kier alpha value is -0.313. The monoisotopic (exact) mass is 272 g/mol. The van der Waals surface area contributed by atoms with Crippen LogP contribution < -0.4 is 5.19 Å². The second-order valence-corrected chi connectivity index (χ2v) is 11.0. The predicted molar refractivity (Wildman–Crippen MR) is 71.4 cm³/mol. The minimum Gasteiger partial charge on any atom is -0.296 e. The van der Waals surface area contributed by atoms with E-state index < -0.39 is 12.4 Å². The van der Waals surface area contributed by atoms with E-state index >= 15 is 0 Å². The molecule has 0 N–H and O–H groups in total. The topological polar surface area (TPSA) is 17.1 Å². The predicted octanol–water partition coefficient (Wildman–Crippen LogP) is 3.12. The molecule has 0 aliphatic heterocycles. The van der Waals surface area contributed by atoms with Gasteiger partial charge in [0.1, 0.15) is 0 Å². The molecule has 0 saturated heterocycles. The normalized spacial score (nSPS) is 24.0. The van der Waals surface area contributed by atoms with Gasteiger partial charge in [-0.3, -0.25) is 4.79 Å². The molecule has 1 unspecified atom stereocenters. The minimum atomic E-state index is -1.76. The molecule has 0 heterocycles. The molecule has 0 bridgehead atoms. The van der Waals surface area contributed by atoms with Crippen molar-refractivity contribution in [2.45, 2.75) is 29.4 Å². The van der Waals surface area contributed by atoms with Gasteiger partial charge in [-0.2, -0.15) is 0 Å². The first-order chi connectivity index (χ1) is 7.37. The largest absolute Gasteiger partial charge is 0.296 e. The molecule has 0 radical (unpaired) electrons. The van der Waals surface area contributed by atoms with Gasteiger partial charge in [0.05, 0.1) is 8.07 Å². The SMILES string of the molecule is C[Si](C)(c1ccccc1)C1CC(=O)C1(Cl)Cl. The summed E-state index contributed by atoms with van der Waals surface area (Å²) < 4.78 is -1.15. The van der Waals surface area contributed by atoms with Gasteiger partial charge in [0.15, 0.2) is 10.1 Å². The zero-order valence-corrected chi connectivity index (χ0v) is 11.8. The maximum absolute atomic E-state index is 11.4. The van der Waals surface area contributed by atoms with Crippen molar-refractivity contribution >= 4 is 42.2 Å². The molecule has 0 spiro atoms. The maximum atomic E-state index is 11.4. The number of ketones is 1. The number of carbonyl (C=O) groups excluding carboxylic acids is 1. The molecule has 1 aliphatic carbocycles. The van der Waals surface area contributed by atoms with Crippen molar-refractivity contribution in [2.75, 3.05) is 0 Å². The molecule has 4 heteroatoms. The highest BCUT2D eigenvalue weighted by Gasteiger charge is 2.59. The minimum absolute atomic E-state index is 0.0302. The number of hydrogen-bond donors (Lipinski definition) is 0. The van der Waals surface area contributed by atoms with E-state index in [1.807, 2.05) is 18.2 Å². The molecule has 1 nitrogen and oxygen atoms in total. The van der Waals surface area contributed by atoms with Crippen LogP contribution in [0.2, 0.25) is 18.6 Å². The van der Waals surface area contributed by atoms with Crippen molar-refractivity contribution in [3.8, 4) is 0 Å². The summed E-state index contributed by atoms with van der Waals surface area (Å²) in [5.74, 6) is -0.0302. The van der Waals surface area contributed by atoms with Crippen LogP contribution in [0.25, 0.3) is 0 Å². The van der Waals surface area contributed by atoms with E-state index in [9.17, 15) is 4.79 Å². The van der Waals surface area contributed by atoms with E-state index in [1.165, 1.54) is 5.19 Å². The van der Waals surface area contributed by atoms with Crippen LogP contribution >= 0.6 is 23.2 Å². The van der Waals surface area contributed by atoms with E-state index in [4.69, 9.17) is 23.2 Å². The van der Waals surface area contributed by atoms with E-state index in [-0.39, 0.29) is 11.3 Å². The Balaban J connectivity index is 2.31. The average Bonchev–Trinajstić information content (AvgIpc) is 2.27. The highest BCUT2D eigenvalue weighted by atomic mass is 35.5. The highest BCUT2D eigenvalue weighted by Crippen LogP contribution is 2.53. The fourth-order valence-electron chi connectivity index (χ4n) is 2.29. The molecule has 0 aromatic heterocycles. The van der Waals surface area contributed by atoms with Crippen LogP contribution in [0.1, 0.15) is 6.42 Å². The summed E-state index contributed by atoms with van der Waals surface area (Å²) in [6.07, 6.45) is 0.529. The molecular formula is C12H14Cl2OSi. The molecule has 1 aromatic carbocycles. The summed E-state index contributed by atoms with van der Waals surface area (Å²) in [4.78, 5) is 11.4. The van der Waals surface area contributed by atoms with Crippen molar-refractivity contribution in [2.24, 2.45) is 0 Å². The second kappa shape index (κ2) is 3.86. The molecule has 1 aliphatic rings. The molecule has 0 amide bonds. The third kappa shape index (κ3) is 1.73. The van der Waals surface area contributed by atoms with Crippen molar-refractivity contribution in [3.63, 3.8) is 0 Å². The van der Waals surface area contributed by atoms with E-state index in [1.54, 1.807) is 0 Å². The van der Waals surface area contributed by atoms with Crippen molar-refractivity contribution in [1.29, 1.82) is 0 Å². The number of halogens is 2. The van der Waals surface area contributed by atoms with Crippen LogP contribution in [0.15, 0.2) is 30.3 Å². The second-order valence-electron chi connectivity index (χ2n) is 4.89. The number of hydrogen-bond acceptors (Lipinski definition) is 1. The fraction of sp³-hybridized carbons (Fsp3) is 0.417. The Bertz CT molecular complexity index is 414. The summed E-state index contributed by atoms with van der Waals surface area (Å²) >= 11 is 12.2. The summed E-state index contributed by atoms with van der Waals surface area (Å²) in [7, 11) is -1.76. The van der Waals surface area contributed by atoms with Gasteiger partial charge in [-0.15, -0.1) is 0 Å². The van der Waals surface area contributed by atoms with Crippen molar-refractivity contribution in [1.82, 2.24) is 0 Å². The zero-order valence-electron chi connectivity index (χ0n) is 9.34. The van der Waals surface area contributed by atoms with Gasteiger partial charge in [-0.1, -0.05) is 71.8 Å². The van der Waals surface area contributed by atoms with Crippen LogP contribution in [-0.2, 0) is 4.79 Å². The summed E-state index contributed by atoms with van der Waals surface area (Å²) in [5.41, 5.74) is 0.123. The van der Waals surface area contributed by atoms with Gasteiger partial charge in [0.2, 0.25) is 0 Å². The lowest BCUT2D eigenvalue weighted by Crippen LogP contribution is -2.60. The highest BCUT2D eigenvalue weighted by molar-refractivity contribution is 6.94. The summed E-state index contributed by atoms with van der Waals surface area (Å²) in [6.45, 7) is 4.44. The Kier molecular flexibility index (Phi) is 2.93. The lowest BCUT2D eigenvalue weighted by Gasteiger charge is -2.46. The van der Waals surface area contributed by atoms with Crippen LogP contribution in [0.3, 0.4) is 0 Å². The van der Waals surface area contributed by atoms with Crippen LogP contribution in [-0.4, -0.2) is 18.2 Å². The quantitative estimate of drug-likeness (QED) is 0.597. The smallest absolute Gasteiger partial charge is 0.177 e. The molecule has 1 atom stereocenters. The summed E-state index contributed by atoms with van der Waals surface area (Å²) in [6, 6.07) is 10.3. The van der Waals surface area contributed by atoms with E-state index in [0.717, 1.165) is 0 Å². The molecule has 1 saturated carbocycles. The van der Waals surface area contributed by atoms with Gasteiger partial charge in [0, 0.05) is 12.0 Å². The van der Waals surface area contributed by atoms with Gasteiger partial charge < -0.3 is 0 Å². The van der Waals surface area contributed by atoms with E-state index in [0.29, 0.717) is 6.42 Å². The number of Topliss-reactive ketones (excluding diaryl/α,β-unsaturated/α-hetero) is 1. The average molecular weight is 273 g/mol. The van der Waals surface area contributed by atoms with E-state index in [2.05, 4.69) is 25.2 Å². The first-order valence-corrected chi connectivity index (χ1v) is 9.17. The molecule has 1 aromatic rings.